The Morgan fingerprint density at radius 3 is 2.61 bits per heavy atom. The molecule has 18 heavy (non-hydrogen) atoms. The van der Waals surface area contributed by atoms with E-state index < -0.39 is 11.9 Å². The molecule has 0 aliphatic carbocycles. The van der Waals surface area contributed by atoms with Crippen molar-refractivity contribution in [3.63, 3.8) is 0 Å². The fraction of sp³-hybridized carbons (Fsp3) is 0.385. The van der Waals surface area contributed by atoms with Crippen LogP contribution in [0, 0.1) is 0 Å². The number of amides is 2. The highest BCUT2D eigenvalue weighted by atomic mass is 16.2. The number of hydrogen-bond acceptors (Lipinski definition) is 3. The van der Waals surface area contributed by atoms with Gasteiger partial charge in [-0.25, -0.2) is 0 Å². The molecule has 2 amide bonds. The van der Waals surface area contributed by atoms with E-state index in [4.69, 9.17) is 5.73 Å². The number of rotatable bonds is 6. The number of likely N-dealkylation sites (N-methyl/N-ethyl adjacent to an activating group) is 1. The second kappa shape index (κ2) is 6.76. The zero-order valence-electron chi connectivity index (χ0n) is 10.7. The first-order valence-electron chi connectivity index (χ1n) is 5.89. The molecule has 0 heterocycles. The predicted octanol–water partition coefficient (Wildman–Crippen LogP) is 0.0521. The van der Waals surface area contributed by atoms with Crippen LogP contribution in [-0.4, -0.2) is 31.4 Å². The minimum absolute atomic E-state index is 0.270. The molecule has 0 spiro atoms. The Morgan fingerprint density at radius 2 is 2.00 bits per heavy atom. The van der Waals surface area contributed by atoms with Gasteiger partial charge in [0.15, 0.2) is 0 Å². The van der Waals surface area contributed by atoms with Crippen LogP contribution in [0.25, 0.3) is 0 Å². The fourth-order valence-corrected chi connectivity index (χ4v) is 1.57. The standard InChI is InChI=1S/C13H19N3O2/c1-9(12(14)17)16-13(18)11-6-4-3-5-10(11)7-8-15-2/h3-6,9,15H,7-8H2,1-2H3,(H2,14,17)(H,16,18). The van der Waals surface area contributed by atoms with Crippen LogP contribution in [0.4, 0.5) is 0 Å². The Morgan fingerprint density at radius 1 is 1.33 bits per heavy atom. The van der Waals surface area contributed by atoms with Crippen molar-refractivity contribution in [1.29, 1.82) is 0 Å². The van der Waals surface area contributed by atoms with Crippen molar-refractivity contribution in [3.05, 3.63) is 35.4 Å². The van der Waals surface area contributed by atoms with E-state index in [2.05, 4.69) is 10.6 Å². The van der Waals surface area contributed by atoms with Gasteiger partial charge in [0.05, 0.1) is 0 Å². The molecule has 1 rings (SSSR count). The van der Waals surface area contributed by atoms with Crippen molar-refractivity contribution in [2.24, 2.45) is 5.73 Å². The molecule has 0 fully saturated rings. The van der Waals surface area contributed by atoms with Gasteiger partial charge < -0.3 is 16.4 Å². The first-order chi connectivity index (χ1) is 8.56. The largest absolute Gasteiger partial charge is 0.368 e. The first-order valence-corrected chi connectivity index (χ1v) is 5.89. The molecule has 0 aliphatic heterocycles. The molecule has 1 aromatic carbocycles. The van der Waals surface area contributed by atoms with E-state index in [0.29, 0.717) is 5.56 Å². The van der Waals surface area contributed by atoms with Gasteiger partial charge in [-0.15, -0.1) is 0 Å². The number of benzene rings is 1. The Labute approximate surface area is 107 Å². The summed E-state index contributed by atoms with van der Waals surface area (Å²) >= 11 is 0. The topological polar surface area (TPSA) is 84.2 Å². The minimum atomic E-state index is -0.671. The number of nitrogens with one attached hydrogen (secondary N) is 2. The minimum Gasteiger partial charge on any atom is -0.368 e. The first kappa shape index (κ1) is 14.2. The molecule has 0 saturated heterocycles. The molecule has 1 unspecified atom stereocenters. The lowest BCUT2D eigenvalue weighted by Gasteiger charge is -2.13. The molecule has 0 bridgehead atoms. The molecule has 1 aromatic rings. The fourth-order valence-electron chi connectivity index (χ4n) is 1.57. The highest BCUT2D eigenvalue weighted by Crippen LogP contribution is 2.09. The van der Waals surface area contributed by atoms with Crippen LogP contribution in [0.15, 0.2) is 24.3 Å². The van der Waals surface area contributed by atoms with Crippen LogP contribution in [-0.2, 0) is 11.2 Å². The van der Waals surface area contributed by atoms with E-state index in [1.807, 2.05) is 19.2 Å². The normalized spacial score (nSPS) is 11.9. The van der Waals surface area contributed by atoms with Gasteiger partial charge in [0.1, 0.15) is 6.04 Å². The smallest absolute Gasteiger partial charge is 0.252 e. The molecule has 0 saturated carbocycles. The van der Waals surface area contributed by atoms with Crippen LogP contribution in [0.2, 0.25) is 0 Å². The highest BCUT2D eigenvalue weighted by Gasteiger charge is 2.15. The van der Waals surface area contributed by atoms with Crippen LogP contribution < -0.4 is 16.4 Å². The van der Waals surface area contributed by atoms with Gasteiger partial charge in [-0.05, 0) is 38.6 Å². The summed E-state index contributed by atoms with van der Waals surface area (Å²) in [7, 11) is 1.86. The van der Waals surface area contributed by atoms with E-state index in [1.165, 1.54) is 0 Å². The Hall–Kier alpha value is -1.88. The van der Waals surface area contributed by atoms with Crippen molar-refractivity contribution in [3.8, 4) is 0 Å². The van der Waals surface area contributed by atoms with Gasteiger partial charge in [-0.2, -0.15) is 0 Å². The second-order valence-corrected chi connectivity index (χ2v) is 4.11. The predicted molar refractivity (Wildman–Crippen MR) is 70.2 cm³/mol. The Bertz CT molecular complexity index is 432. The van der Waals surface area contributed by atoms with Crippen molar-refractivity contribution < 1.29 is 9.59 Å². The molecule has 5 nitrogen and oxygen atoms in total. The van der Waals surface area contributed by atoms with Gasteiger partial charge in [0, 0.05) is 5.56 Å². The van der Waals surface area contributed by atoms with Gasteiger partial charge >= 0.3 is 0 Å². The van der Waals surface area contributed by atoms with Crippen LogP contribution in [0.5, 0.6) is 0 Å². The van der Waals surface area contributed by atoms with E-state index in [-0.39, 0.29) is 5.91 Å². The SMILES string of the molecule is CNCCc1ccccc1C(=O)NC(C)C(N)=O. The average molecular weight is 249 g/mol. The molecule has 1 atom stereocenters. The lowest BCUT2D eigenvalue weighted by molar-refractivity contribution is -0.119. The van der Waals surface area contributed by atoms with Gasteiger partial charge in [0.25, 0.3) is 5.91 Å². The lowest BCUT2D eigenvalue weighted by atomic mass is 10.0. The van der Waals surface area contributed by atoms with Gasteiger partial charge in [0.2, 0.25) is 5.91 Å². The molecule has 0 radical (unpaired) electrons. The van der Waals surface area contributed by atoms with E-state index in [0.717, 1.165) is 18.5 Å². The summed E-state index contributed by atoms with van der Waals surface area (Å²) in [6.07, 6.45) is 0.755. The zero-order valence-corrected chi connectivity index (χ0v) is 10.7. The number of nitrogens with two attached hydrogens (primary N) is 1. The monoisotopic (exact) mass is 249 g/mol. The zero-order chi connectivity index (χ0) is 13.5. The van der Waals surface area contributed by atoms with Crippen LogP contribution >= 0.6 is 0 Å². The molecule has 98 valence electrons. The van der Waals surface area contributed by atoms with Crippen molar-refractivity contribution in [1.82, 2.24) is 10.6 Å². The number of carbonyl (C=O) groups is 2. The van der Waals surface area contributed by atoms with E-state index in [1.54, 1.807) is 19.1 Å². The van der Waals surface area contributed by atoms with Crippen molar-refractivity contribution in [2.45, 2.75) is 19.4 Å². The van der Waals surface area contributed by atoms with Crippen LogP contribution in [0.3, 0.4) is 0 Å². The van der Waals surface area contributed by atoms with Crippen LogP contribution in [0.1, 0.15) is 22.8 Å². The Balaban J connectivity index is 2.81. The summed E-state index contributed by atoms with van der Waals surface area (Å²) < 4.78 is 0. The second-order valence-electron chi connectivity index (χ2n) is 4.11. The maximum atomic E-state index is 12.0. The summed E-state index contributed by atoms with van der Waals surface area (Å²) in [6.45, 7) is 2.35. The van der Waals surface area contributed by atoms with E-state index in [9.17, 15) is 9.59 Å². The molecule has 4 N–H and O–H groups in total. The Kier molecular flexibility index (Phi) is 5.32. The number of carbonyl (C=O) groups excluding carboxylic acids is 2. The molecule has 0 aromatic heterocycles. The third kappa shape index (κ3) is 3.85. The molecule has 0 aliphatic rings. The summed E-state index contributed by atoms with van der Waals surface area (Å²) in [6, 6.07) is 6.66. The van der Waals surface area contributed by atoms with Crippen molar-refractivity contribution in [2.75, 3.05) is 13.6 Å². The quantitative estimate of drug-likeness (QED) is 0.666. The third-order valence-corrected chi connectivity index (χ3v) is 2.68. The number of hydrogen-bond donors (Lipinski definition) is 3. The highest BCUT2D eigenvalue weighted by molar-refractivity contribution is 5.98. The molecular formula is C13H19N3O2. The van der Waals surface area contributed by atoms with Crippen molar-refractivity contribution >= 4 is 11.8 Å². The van der Waals surface area contributed by atoms with Gasteiger partial charge in [-0.3, -0.25) is 9.59 Å². The average Bonchev–Trinajstić information content (AvgIpc) is 2.36. The summed E-state index contributed by atoms with van der Waals surface area (Å²) in [5.41, 5.74) is 6.65. The summed E-state index contributed by atoms with van der Waals surface area (Å²) in [5.74, 6) is -0.816. The summed E-state index contributed by atoms with van der Waals surface area (Å²) in [4.78, 5) is 22.9. The molecular weight excluding hydrogens is 230 g/mol. The lowest BCUT2D eigenvalue weighted by Crippen LogP contribution is -2.42. The maximum Gasteiger partial charge on any atom is 0.252 e. The molecule has 5 heteroatoms. The number of primary amides is 1. The summed E-state index contributed by atoms with van der Waals surface area (Å²) in [5, 5.41) is 5.61. The maximum absolute atomic E-state index is 12.0. The third-order valence-electron chi connectivity index (χ3n) is 2.68. The van der Waals surface area contributed by atoms with Gasteiger partial charge in [-0.1, -0.05) is 18.2 Å². The van der Waals surface area contributed by atoms with E-state index >= 15 is 0 Å².